The second kappa shape index (κ2) is 10.1. The molecule has 0 bridgehead atoms. The van der Waals surface area contributed by atoms with Gasteiger partial charge in [-0.25, -0.2) is 9.59 Å². The summed E-state index contributed by atoms with van der Waals surface area (Å²) < 4.78 is 5.62. The maximum Gasteiger partial charge on any atom is 0.407 e. The summed E-state index contributed by atoms with van der Waals surface area (Å²) in [6, 6.07) is 15.5. The predicted octanol–water partition coefficient (Wildman–Crippen LogP) is 4.06. The molecule has 0 spiro atoms. The van der Waals surface area contributed by atoms with Gasteiger partial charge in [-0.05, 0) is 53.9 Å². The molecule has 0 aliphatic heterocycles. The number of nitrogens with one attached hydrogen (secondary N) is 2. The van der Waals surface area contributed by atoms with Gasteiger partial charge >= 0.3 is 12.1 Å². The van der Waals surface area contributed by atoms with Crippen molar-refractivity contribution >= 4 is 18.0 Å². The molecule has 3 N–H and O–H groups in total. The van der Waals surface area contributed by atoms with Crippen molar-refractivity contribution in [3.8, 4) is 11.1 Å². The number of amides is 2. The molecular formula is C26H30N2O5. The zero-order chi connectivity index (χ0) is 23.4. The zero-order valence-corrected chi connectivity index (χ0v) is 18.8. The molecule has 33 heavy (non-hydrogen) atoms. The largest absolute Gasteiger partial charge is 0.480 e. The lowest BCUT2D eigenvalue weighted by atomic mass is 9.98. The number of alkyl carbamates (subject to hydrolysis) is 1. The fourth-order valence-electron chi connectivity index (χ4n) is 5.05. The van der Waals surface area contributed by atoms with Gasteiger partial charge in [-0.1, -0.05) is 55.5 Å². The fourth-order valence-corrected chi connectivity index (χ4v) is 5.05. The lowest BCUT2D eigenvalue weighted by molar-refractivity contribution is -0.142. The average Bonchev–Trinajstić information content (AvgIpc) is 3.37. The van der Waals surface area contributed by atoms with E-state index in [0.717, 1.165) is 12.8 Å². The van der Waals surface area contributed by atoms with Gasteiger partial charge in [-0.3, -0.25) is 4.79 Å². The van der Waals surface area contributed by atoms with Crippen LogP contribution < -0.4 is 10.6 Å². The minimum atomic E-state index is -1.02. The van der Waals surface area contributed by atoms with E-state index in [1.165, 1.54) is 22.3 Å². The molecule has 4 rings (SSSR count). The first-order valence-corrected chi connectivity index (χ1v) is 11.6. The highest BCUT2D eigenvalue weighted by molar-refractivity contribution is 5.83. The van der Waals surface area contributed by atoms with Gasteiger partial charge in [0.05, 0.1) is 0 Å². The number of carbonyl (C=O) groups excluding carboxylic acids is 2. The van der Waals surface area contributed by atoms with E-state index < -0.39 is 18.1 Å². The van der Waals surface area contributed by atoms with Gasteiger partial charge in [-0.2, -0.15) is 0 Å². The monoisotopic (exact) mass is 450 g/mol. The summed E-state index contributed by atoms with van der Waals surface area (Å²) >= 11 is 0. The minimum absolute atomic E-state index is 0.0175. The van der Waals surface area contributed by atoms with Crippen molar-refractivity contribution < 1.29 is 24.2 Å². The van der Waals surface area contributed by atoms with E-state index in [0.29, 0.717) is 12.8 Å². The molecule has 1 unspecified atom stereocenters. The molecule has 1 fully saturated rings. The predicted molar refractivity (Wildman–Crippen MR) is 124 cm³/mol. The van der Waals surface area contributed by atoms with Crippen LogP contribution in [-0.2, 0) is 14.3 Å². The molecule has 7 nitrogen and oxygen atoms in total. The first kappa shape index (κ1) is 22.8. The molecule has 3 atom stereocenters. The van der Waals surface area contributed by atoms with Gasteiger partial charge in [0, 0.05) is 18.4 Å². The van der Waals surface area contributed by atoms with Crippen LogP contribution >= 0.6 is 0 Å². The van der Waals surface area contributed by atoms with Gasteiger partial charge in [0.15, 0.2) is 0 Å². The first-order chi connectivity index (χ1) is 16.0. The Morgan fingerprint density at radius 1 is 1.03 bits per heavy atom. The molecule has 2 aromatic carbocycles. The number of benzene rings is 2. The van der Waals surface area contributed by atoms with Crippen LogP contribution in [0.4, 0.5) is 4.79 Å². The Bertz CT molecular complexity index is 991. The van der Waals surface area contributed by atoms with Crippen molar-refractivity contribution in [3.63, 3.8) is 0 Å². The molecule has 2 aliphatic rings. The van der Waals surface area contributed by atoms with Crippen LogP contribution in [0.5, 0.6) is 0 Å². The number of carbonyl (C=O) groups is 3. The van der Waals surface area contributed by atoms with Crippen LogP contribution in [-0.4, -0.2) is 41.8 Å². The second-order valence-electron chi connectivity index (χ2n) is 8.92. The number of carboxylic acid groups (broad SMARTS) is 1. The van der Waals surface area contributed by atoms with Crippen LogP contribution in [0, 0.1) is 5.92 Å². The summed E-state index contributed by atoms with van der Waals surface area (Å²) in [5.74, 6) is -1.14. The van der Waals surface area contributed by atoms with Crippen LogP contribution in [0.1, 0.15) is 56.1 Å². The third-order valence-electron chi connectivity index (χ3n) is 6.72. The zero-order valence-electron chi connectivity index (χ0n) is 18.8. The Hall–Kier alpha value is -3.35. The molecule has 2 aliphatic carbocycles. The molecule has 0 saturated heterocycles. The molecule has 2 aromatic rings. The molecule has 0 heterocycles. The lowest BCUT2D eigenvalue weighted by Crippen LogP contribution is -2.40. The van der Waals surface area contributed by atoms with E-state index >= 15 is 0 Å². The van der Waals surface area contributed by atoms with Crippen LogP contribution in [0.15, 0.2) is 48.5 Å². The van der Waals surface area contributed by atoms with E-state index in [1.807, 2.05) is 24.3 Å². The van der Waals surface area contributed by atoms with Gasteiger partial charge in [0.1, 0.15) is 12.6 Å². The SMILES string of the molecule is CCC(NC(=O)C[C@@H]1CC[C@H](NC(=O)OCC2c3ccccc3-c3ccccc32)C1)C(=O)O. The standard InChI is InChI=1S/C26H30N2O5/c1-2-23(25(30)31)28-24(29)14-16-11-12-17(13-16)27-26(32)33-15-22-20-9-5-3-7-18(20)19-8-4-6-10-21(19)22/h3-10,16-17,22-23H,2,11-15H2,1H3,(H,27,32)(H,28,29)(H,30,31)/t16-,17+,23?/m1/s1. The molecule has 174 valence electrons. The van der Waals surface area contributed by atoms with Crippen LogP contribution in [0.2, 0.25) is 0 Å². The van der Waals surface area contributed by atoms with E-state index in [9.17, 15) is 14.4 Å². The summed E-state index contributed by atoms with van der Waals surface area (Å²) in [5.41, 5.74) is 4.72. The lowest BCUT2D eigenvalue weighted by Gasteiger charge is -2.17. The molecule has 7 heteroatoms. The van der Waals surface area contributed by atoms with Crippen molar-refractivity contribution in [2.24, 2.45) is 5.92 Å². The Morgan fingerprint density at radius 3 is 2.27 bits per heavy atom. The number of ether oxygens (including phenoxy) is 1. The Kier molecular flexibility index (Phi) is 6.96. The maximum absolute atomic E-state index is 12.5. The highest BCUT2D eigenvalue weighted by Gasteiger charge is 2.31. The number of rotatable bonds is 8. The number of aliphatic carboxylic acids is 1. The van der Waals surface area contributed by atoms with Gasteiger partial charge in [-0.15, -0.1) is 0 Å². The summed E-state index contributed by atoms with van der Waals surface area (Å²) in [5, 5.41) is 14.6. The first-order valence-electron chi connectivity index (χ1n) is 11.6. The normalized spacial score (nSPS) is 19.9. The summed E-state index contributed by atoms with van der Waals surface area (Å²) in [6.45, 7) is 2.00. The van der Waals surface area contributed by atoms with E-state index in [-0.39, 0.29) is 36.8 Å². The number of hydrogen-bond acceptors (Lipinski definition) is 4. The molecule has 0 radical (unpaired) electrons. The maximum atomic E-state index is 12.5. The van der Waals surface area contributed by atoms with Crippen LogP contribution in [0.25, 0.3) is 11.1 Å². The van der Waals surface area contributed by atoms with Crippen molar-refractivity contribution in [3.05, 3.63) is 59.7 Å². The van der Waals surface area contributed by atoms with E-state index in [2.05, 4.69) is 34.9 Å². The number of fused-ring (bicyclic) bond motifs is 3. The topological polar surface area (TPSA) is 105 Å². The van der Waals surface area contributed by atoms with Gasteiger partial charge < -0.3 is 20.5 Å². The van der Waals surface area contributed by atoms with Gasteiger partial charge in [0.2, 0.25) is 5.91 Å². The summed E-state index contributed by atoms with van der Waals surface area (Å²) in [7, 11) is 0. The van der Waals surface area contributed by atoms with Crippen LogP contribution in [0.3, 0.4) is 0 Å². The van der Waals surface area contributed by atoms with Crippen molar-refractivity contribution in [2.45, 2.75) is 57.0 Å². The molecule has 0 aromatic heterocycles. The van der Waals surface area contributed by atoms with Crippen molar-refractivity contribution in [1.82, 2.24) is 10.6 Å². The van der Waals surface area contributed by atoms with Crippen molar-refractivity contribution in [2.75, 3.05) is 6.61 Å². The summed E-state index contributed by atoms with van der Waals surface area (Å²) in [4.78, 5) is 35.7. The highest BCUT2D eigenvalue weighted by atomic mass is 16.5. The van der Waals surface area contributed by atoms with E-state index in [4.69, 9.17) is 9.84 Å². The third-order valence-corrected chi connectivity index (χ3v) is 6.72. The van der Waals surface area contributed by atoms with Crippen molar-refractivity contribution in [1.29, 1.82) is 0 Å². The summed E-state index contributed by atoms with van der Waals surface area (Å²) in [6.07, 6.45) is 2.44. The Morgan fingerprint density at radius 2 is 1.67 bits per heavy atom. The second-order valence-corrected chi connectivity index (χ2v) is 8.92. The Balaban J connectivity index is 1.26. The third kappa shape index (κ3) is 5.18. The molecule has 2 amide bonds. The van der Waals surface area contributed by atoms with Gasteiger partial charge in [0.25, 0.3) is 0 Å². The highest BCUT2D eigenvalue weighted by Crippen LogP contribution is 2.44. The molecule has 1 saturated carbocycles. The number of carboxylic acids is 1. The average molecular weight is 451 g/mol. The smallest absolute Gasteiger partial charge is 0.407 e. The van der Waals surface area contributed by atoms with E-state index in [1.54, 1.807) is 6.92 Å². The fraction of sp³-hybridized carbons (Fsp3) is 0.423. The minimum Gasteiger partial charge on any atom is -0.480 e. The number of hydrogen-bond donors (Lipinski definition) is 3. The molecular weight excluding hydrogens is 420 g/mol. The Labute approximate surface area is 193 Å². The quantitative estimate of drug-likeness (QED) is 0.563.